The number of anilines is 1. The Hall–Kier alpha value is -1.44. The van der Waals surface area contributed by atoms with E-state index in [-0.39, 0.29) is 18.3 Å². The Morgan fingerprint density at radius 2 is 2.35 bits per heavy atom. The fourth-order valence-corrected chi connectivity index (χ4v) is 1.98. The maximum atomic E-state index is 11.6. The van der Waals surface area contributed by atoms with Crippen molar-refractivity contribution in [2.45, 2.75) is 25.4 Å². The van der Waals surface area contributed by atoms with Crippen LogP contribution >= 0.6 is 0 Å². The van der Waals surface area contributed by atoms with E-state index in [9.17, 15) is 9.90 Å². The molecule has 4 N–H and O–H groups in total. The third-order valence-electron chi connectivity index (χ3n) is 2.99. The van der Waals surface area contributed by atoms with Crippen LogP contribution in [0.3, 0.4) is 0 Å². The van der Waals surface area contributed by atoms with E-state index < -0.39 is 24.1 Å². The van der Waals surface area contributed by atoms with E-state index in [0.717, 1.165) is 0 Å². The number of aliphatic hydroxyl groups is 2. The number of aromatic nitrogens is 2. The van der Waals surface area contributed by atoms with Gasteiger partial charge in [0, 0.05) is 12.1 Å². The molecule has 0 bridgehead atoms. The first-order valence-corrected chi connectivity index (χ1v) is 5.33. The predicted octanol–water partition coefficient (Wildman–Crippen LogP) is -1.29. The van der Waals surface area contributed by atoms with Crippen molar-refractivity contribution in [2.24, 2.45) is 5.92 Å². The van der Waals surface area contributed by atoms with Crippen LogP contribution in [0.2, 0.25) is 0 Å². The van der Waals surface area contributed by atoms with Crippen LogP contribution in [-0.2, 0) is 4.74 Å². The van der Waals surface area contributed by atoms with Crippen LogP contribution in [0.25, 0.3) is 0 Å². The highest BCUT2D eigenvalue weighted by Crippen LogP contribution is 2.33. The van der Waals surface area contributed by atoms with Gasteiger partial charge in [0.15, 0.2) is 0 Å². The summed E-state index contributed by atoms with van der Waals surface area (Å²) in [6.07, 6.45) is -0.658. The molecule has 0 unspecified atom stereocenters. The van der Waals surface area contributed by atoms with Gasteiger partial charge in [0.2, 0.25) is 0 Å². The quantitative estimate of drug-likeness (QED) is 0.594. The Balaban J connectivity index is 2.32. The van der Waals surface area contributed by atoms with Crippen molar-refractivity contribution in [3.8, 4) is 0 Å². The highest BCUT2D eigenvalue weighted by molar-refractivity contribution is 5.23. The summed E-state index contributed by atoms with van der Waals surface area (Å²) < 4.78 is 6.69. The van der Waals surface area contributed by atoms with Crippen LogP contribution < -0.4 is 11.4 Å². The summed E-state index contributed by atoms with van der Waals surface area (Å²) >= 11 is 0. The van der Waals surface area contributed by atoms with Gasteiger partial charge < -0.3 is 20.7 Å². The first-order valence-electron chi connectivity index (χ1n) is 5.33. The van der Waals surface area contributed by atoms with E-state index in [4.69, 9.17) is 15.6 Å². The van der Waals surface area contributed by atoms with Crippen LogP contribution in [-0.4, -0.2) is 38.6 Å². The Morgan fingerprint density at radius 1 is 1.65 bits per heavy atom. The molecule has 1 saturated heterocycles. The minimum absolute atomic E-state index is 0.135. The van der Waals surface area contributed by atoms with Gasteiger partial charge >= 0.3 is 5.69 Å². The zero-order valence-electron chi connectivity index (χ0n) is 9.35. The molecule has 0 spiro atoms. The van der Waals surface area contributed by atoms with Crippen molar-refractivity contribution in [3.05, 3.63) is 22.7 Å². The average molecular weight is 241 g/mol. The first-order chi connectivity index (χ1) is 8.04. The van der Waals surface area contributed by atoms with Crippen LogP contribution in [0.4, 0.5) is 5.82 Å². The highest BCUT2D eigenvalue weighted by atomic mass is 16.5. The molecule has 0 aliphatic carbocycles. The minimum Gasteiger partial charge on any atom is -0.394 e. The SMILES string of the molecule is C[C@@H]1[C@H](O)[C@@H](CO)O[C@H]1n1ccc(N)nc1=O. The number of rotatable bonds is 2. The van der Waals surface area contributed by atoms with Crippen molar-refractivity contribution < 1.29 is 14.9 Å². The molecule has 7 nitrogen and oxygen atoms in total. The second kappa shape index (κ2) is 4.44. The van der Waals surface area contributed by atoms with Gasteiger partial charge in [-0.2, -0.15) is 4.98 Å². The normalized spacial score (nSPS) is 32.9. The fraction of sp³-hybridized carbons (Fsp3) is 0.600. The largest absolute Gasteiger partial charge is 0.394 e. The Kier molecular flexibility index (Phi) is 3.14. The van der Waals surface area contributed by atoms with E-state index in [1.807, 2.05) is 0 Å². The molecule has 1 aromatic heterocycles. The van der Waals surface area contributed by atoms with Gasteiger partial charge in [-0.25, -0.2) is 4.79 Å². The predicted molar refractivity (Wildman–Crippen MR) is 59.1 cm³/mol. The molecular formula is C10H15N3O4. The topological polar surface area (TPSA) is 111 Å². The Bertz CT molecular complexity index is 461. The lowest BCUT2D eigenvalue weighted by Gasteiger charge is -2.17. The maximum Gasteiger partial charge on any atom is 0.351 e. The van der Waals surface area contributed by atoms with Gasteiger partial charge in [0.1, 0.15) is 18.1 Å². The number of nitrogen functional groups attached to an aromatic ring is 1. The van der Waals surface area contributed by atoms with Gasteiger partial charge in [-0.1, -0.05) is 6.92 Å². The lowest BCUT2D eigenvalue weighted by atomic mass is 10.0. The zero-order chi connectivity index (χ0) is 12.6. The summed E-state index contributed by atoms with van der Waals surface area (Å²) in [6.45, 7) is 1.45. The molecule has 0 amide bonds. The van der Waals surface area contributed by atoms with Crippen molar-refractivity contribution in [1.29, 1.82) is 0 Å². The van der Waals surface area contributed by atoms with Crippen molar-refractivity contribution in [3.63, 3.8) is 0 Å². The second-order valence-electron chi connectivity index (χ2n) is 4.14. The summed E-state index contributed by atoms with van der Waals surface area (Å²) in [5.74, 6) is -0.175. The second-order valence-corrected chi connectivity index (χ2v) is 4.14. The summed E-state index contributed by atoms with van der Waals surface area (Å²) in [6, 6.07) is 1.48. The number of nitrogens with two attached hydrogens (primary N) is 1. The molecule has 17 heavy (non-hydrogen) atoms. The van der Waals surface area contributed by atoms with Crippen LogP contribution in [0, 0.1) is 5.92 Å². The molecule has 2 rings (SSSR count). The molecule has 0 saturated carbocycles. The average Bonchev–Trinajstić information content (AvgIpc) is 2.57. The van der Waals surface area contributed by atoms with Gasteiger partial charge in [-0.15, -0.1) is 0 Å². The monoisotopic (exact) mass is 241 g/mol. The summed E-state index contributed by atoms with van der Waals surface area (Å²) in [7, 11) is 0. The standard InChI is InChI=1S/C10H15N3O4/c1-5-8(15)6(4-14)17-9(5)13-3-2-7(11)12-10(13)16/h2-3,5-6,8-9,14-15H,4H2,1H3,(H2,11,12,16)/t5-,6-,8+,9-/m1/s1. The van der Waals surface area contributed by atoms with Gasteiger partial charge in [0.05, 0.1) is 12.7 Å². The molecule has 4 atom stereocenters. The molecule has 1 fully saturated rings. The van der Waals surface area contributed by atoms with Crippen LogP contribution in [0.5, 0.6) is 0 Å². The summed E-state index contributed by atoms with van der Waals surface area (Å²) in [5, 5.41) is 18.8. The molecule has 1 aliphatic heterocycles. The number of hydrogen-bond donors (Lipinski definition) is 3. The van der Waals surface area contributed by atoms with Gasteiger partial charge in [-0.05, 0) is 6.07 Å². The molecule has 1 aromatic rings. The Labute approximate surface area is 97.5 Å². The molecule has 2 heterocycles. The molecule has 7 heteroatoms. The van der Waals surface area contributed by atoms with E-state index in [2.05, 4.69) is 4.98 Å². The maximum absolute atomic E-state index is 11.6. The van der Waals surface area contributed by atoms with Gasteiger partial charge in [-0.3, -0.25) is 4.57 Å². The third kappa shape index (κ3) is 2.04. The number of hydrogen-bond acceptors (Lipinski definition) is 6. The van der Waals surface area contributed by atoms with Crippen molar-refractivity contribution in [1.82, 2.24) is 9.55 Å². The fourth-order valence-electron chi connectivity index (χ4n) is 1.98. The smallest absolute Gasteiger partial charge is 0.351 e. The molecule has 0 radical (unpaired) electrons. The van der Waals surface area contributed by atoms with Crippen molar-refractivity contribution >= 4 is 5.82 Å². The molecule has 1 aliphatic rings. The lowest BCUT2D eigenvalue weighted by Crippen LogP contribution is -2.30. The van der Waals surface area contributed by atoms with Crippen LogP contribution in [0.1, 0.15) is 13.2 Å². The highest BCUT2D eigenvalue weighted by Gasteiger charge is 2.41. The first kappa shape index (κ1) is 12.0. The summed E-state index contributed by atoms with van der Waals surface area (Å²) in [5.41, 5.74) is 4.85. The zero-order valence-corrected chi connectivity index (χ0v) is 9.35. The summed E-state index contributed by atoms with van der Waals surface area (Å²) in [4.78, 5) is 15.2. The minimum atomic E-state index is -0.811. The molecule has 0 aromatic carbocycles. The van der Waals surface area contributed by atoms with Gasteiger partial charge in [0.25, 0.3) is 0 Å². The number of ether oxygens (including phenoxy) is 1. The number of aliphatic hydroxyl groups excluding tert-OH is 2. The van der Waals surface area contributed by atoms with E-state index in [1.165, 1.54) is 16.8 Å². The number of nitrogens with zero attached hydrogens (tertiary/aromatic N) is 2. The molecular weight excluding hydrogens is 226 g/mol. The van der Waals surface area contributed by atoms with E-state index in [1.54, 1.807) is 6.92 Å². The van der Waals surface area contributed by atoms with Crippen LogP contribution in [0.15, 0.2) is 17.1 Å². The molecule has 94 valence electrons. The van der Waals surface area contributed by atoms with E-state index in [0.29, 0.717) is 0 Å². The van der Waals surface area contributed by atoms with E-state index >= 15 is 0 Å². The Morgan fingerprint density at radius 3 is 2.88 bits per heavy atom. The lowest BCUT2D eigenvalue weighted by molar-refractivity contribution is -0.0476. The van der Waals surface area contributed by atoms with Crippen molar-refractivity contribution in [2.75, 3.05) is 12.3 Å². The third-order valence-corrected chi connectivity index (χ3v) is 2.99.